The molecule has 1 aromatic heterocycles. The SMILES string of the molecule is COc1ccc2nc(N)n(C3CCCCC3)c2c1. The maximum Gasteiger partial charge on any atom is 0.201 e. The summed E-state index contributed by atoms with van der Waals surface area (Å²) in [6.45, 7) is 0. The van der Waals surface area contributed by atoms with E-state index in [0.29, 0.717) is 12.0 Å². The zero-order valence-electron chi connectivity index (χ0n) is 10.7. The van der Waals surface area contributed by atoms with Crippen molar-refractivity contribution in [3.05, 3.63) is 18.2 Å². The Kier molecular flexibility index (Phi) is 2.86. The van der Waals surface area contributed by atoms with E-state index in [4.69, 9.17) is 10.5 Å². The van der Waals surface area contributed by atoms with Crippen molar-refractivity contribution in [1.82, 2.24) is 9.55 Å². The Hall–Kier alpha value is -1.71. The molecule has 0 radical (unpaired) electrons. The largest absolute Gasteiger partial charge is 0.497 e. The van der Waals surface area contributed by atoms with Gasteiger partial charge in [0.2, 0.25) is 5.95 Å². The third-order valence-electron chi connectivity index (χ3n) is 3.86. The summed E-state index contributed by atoms with van der Waals surface area (Å²) < 4.78 is 7.48. The molecule has 1 aliphatic rings. The fourth-order valence-electron chi connectivity index (χ4n) is 2.94. The van der Waals surface area contributed by atoms with Crippen molar-refractivity contribution in [2.45, 2.75) is 38.1 Å². The van der Waals surface area contributed by atoms with Gasteiger partial charge in [0.25, 0.3) is 0 Å². The summed E-state index contributed by atoms with van der Waals surface area (Å²) in [5, 5.41) is 0. The molecule has 0 unspecified atom stereocenters. The molecular weight excluding hydrogens is 226 g/mol. The Morgan fingerprint density at radius 3 is 2.78 bits per heavy atom. The molecule has 0 atom stereocenters. The average Bonchev–Trinajstić information content (AvgIpc) is 2.74. The van der Waals surface area contributed by atoms with Crippen molar-refractivity contribution in [3.8, 4) is 5.75 Å². The second-order valence-corrected chi connectivity index (χ2v) is 4.99. The Labute approximate surface area is 107 Å². The number of ether oxygens (including phenoxy) is 1. The van der Waals surface area contributed by atoms with Gasteiger partial charge in [0.1, 0.15) is 5.75 Å². The number of nitrogens with two attached hydrogens (primary N) is 1. The Balaban J connectivity index is 2.10. The number of rotatable bonds is 2. The van der Waals surface area contributed by atoms with Crippen molar-refractivity contribution in [1.29, 1.82) is 0 Å². The number of hydrogen-bond acceptors (Lipinski definition) is 3. The van der Waals surface area contributed by atoms with Crippen LogP contribution in [0.2, 0.25) is 0 Å². The summed E-state index contributed by atoms with van der Waals surface area (Å²) in [5.74, 6) is 1.49. The summed E-state index contributed by atoms with van der Waals surface area (Å²) in [6.07, 6.45) is 6.31. The van der Waals surface area contributed by atoms with Crippen LogP contribution >= 0.6 is 0 Å². The Bertz CT molecular complexity index is 555. The Morgan fingerprint density at radius 2 is 2.06 bits per heavy atom. The van der Waals surface area contributed by atoms with E-state index in [1.807, 2.05) is 18.2 Å². The molecule has 4 nitrogen and oxygen atoms in total. The number of benzene rings is 1. The van der Waals surface area contributed by atoms with Crippen molar-refractivity contribution < 1.29 is 4.74 Å². The zero-order valence-corrected chi connectivity index (χ0v) is 10.7. The molecule has 0 aliphatic heterocycles. The van der Waals surface area contributed by atoms with Crippen molar-refractivity contribution >= 4 is 17.0 Å². The quantitative estimate of drug-likeness (QED) is 0.884. The van der Waals surface area contributed by atoms with Gasteiger partial charge in [0, 0.05) is 12.1 Å². The minimum Gasteiger partial charge on any atom is -0.497 e. The molecule has 2 N–H and O–H groups in total. The first-order chi connectivity index (χ1) is 8.79. The van der Waals surface area contributed by atoms with E-state index in [-0.39, 0.29) is 0 Å². The third-order valence-corrected chi connectivity index (χ3v) is 3.86. The van der Waals surface area contributed by atoms with Gasteiger partial charge in [-0.05, 0) is 25.0 Å². The number of imidazole rings is 1. The second-order valence-electron chi connectivity index (χ2n) is 4.99. The maximum atomic E-state index is 6.09. The van der Waals surface area contributed by atoms with E-state index in [2.05, 4.69) is 9.55 Å². The lowest BCUT2D eigenvalue weighted by molar-refractivity contribution is 0.362. The lowest BCUT2D eigenvalue weighted by Gasteiger charge is -2.24. The first-order valence-corrected chi connectivity index (χ1v) is 6.61. The summed E-state index contributed by atoms with van der Waals surface area (Å²) in [7, 11) is 1.69. The minimum atomic E-state index is 0.496. The predicted octanol–water partition coefficient (Wildman–Crippen LogP) is 3.13. The highest BCUT2D eigenvalue weighted by Gasteiger charge is 2.20. The van der Waals surface area contributed by atoms with Crippen LogP contribution in [-0.4, -0.2) is 16.7 Å². The highest BCUT2D eigenvalue weighted by Crippen LogP contribution is 2.34. The topological polar surface area (TPSA) is 53.1 Å². The Morgan fingerprint density at radius 1 is 1.28 bits per heavy atom. The van der Waals surface area contributed by atoms with Gasteiger partial charge in [-0.1, -0.05) is 19.3 Å². The van der Waals surface area contributed by atoms with E-state index >= 15 is 0 Å². The molecule has 0 spiro atoms. The van der Waals surface area contributed by atoms with E-state index < -0.39 is 0 Å². The van der Waals surface area contributed by atoms with E-state index in [9.17, 15) is 0 Å². The van der Waals surface area contributed by atoms with E-state index in [0.717, 1.165) is 16.8 Å². The van der Waals surface area contributed by atoms with Crippen molar-refractivity contribution in [2.24, 2.45) is 0 Å². The molecule has 1 heterocycles. The molecule has 2 aromatic rings. The van der Waals surface area contributed by atoms with Gasteiger partial charge < -0.3 is 15.0 Å². The summed E-state index contributed by atoms with van der Waals surface area (Å²) in [5.41, 5.74) is 8.14. The average molecular weight is 245 g/mol. The first kappa shape index (κ1) is 11.4. The van der Waals surface area contributed by atoms with Gasteiger partial charge in [-0.25, -0.2) is 4.98 Å². The van der Waals surface area contributed by atoms with Crippen LogP contribution in [0.25, 0.3) is 11.0 Å². The number of fused-ring (bicyclic) bond motifs is 1. The molecule has 1 fully saturated rings. The molecule has 4 heteroatoms. The number of anilines is 1. The van der Waals surface area contributed by atoms with Gasteiger partial charge >= 0.3 is 0 Å². The summed E-state index contributed by atoms with van der Waals surface area (Å²) in [4.78, 5) is 4.45. The van der Waals surface area contributed by atoms with Crippen LogP contribution in [0.3, 0.4) is 0 Å². The van der Waals surface area contributed by atoms with Gasteiger partial charge in [-0.2, -0.15) is 0 Å². The molecule has 0 bridgehead atoms. The van der Waals surface area contributed by atoms with Crippen LogP contribution in [0.15, 0.2) is 18.2 Å². The smallest absolute Gasteiger partial charge is 0.201 e. The number of nitrogens with zero attached hydrogens (tertiary/aromatic N) is 2. The standard InChI is InChI=1S/C14H19N3O/c1-18-11-7-8-12-13(9-11)17(14(15)16-12)10-5-3-2-4-6-10/h7-10H,2-6H2,1H3,(H2,15,16). The molecule has 18 heavy (non-hydrogen) atoms. The van der Waals surface area contributed by atoms with Gasteiger partial charge in [0.05, 0.1) is 18.1 Å². The number of aromatic nitrogens is 2. The molecular formula is C14H19N3O. The molecule has 0 saturated heterocycles. The van der Waals surface area contributed by atoms with Gasteiger partial charge in [-0.3, -0.25) is 0 Å². The molecule has 96 valence electrons. The van der Waals surface area contributed by atoms with Gasteiger partial charge in [0.15, 0.2) is 0 Å². The third kappa shape index (κ3) is 1.82. The lowest BCUT2D eigenvalue weighted by atomic mass is 9.95. The molecule has 3 rings (SSSR count). The highest BCUT2D eigenvalue weighted by molar-refractivity contribution is 5.80. The first-order valence-electron chi connectivity index (χ1n) is 6.61. The van der Waals surface area contributed by atoms with Crippen molar-refractivity contribution in [3.63, 3.8) is 0 Å². The summed E-state index contributed by atoms with van der Waals surface area (Å²) in [6, 6.07) is 6.44. The lowest BCUT2D eigenvalue weighted by Crippen LogP contribution is -2.14. The predicted molar refractivity (Wildman–Crippen MR) is 72.8 cm³/mol. The number of nitrogen functional groups attached to an aromatic ring is 1. The minimum absolute atomic E-state index is 0.496. The molecule has 0 amide bonds. The molecule has 1 saturated carbocycles. The van der Waals surface area contributed by atoms with Crippen LogP contribution in [0.4, 0.5) is 5.95 Å². The molecule has 1 aromatic carbocycles. The maximum absolute atomic E-state index is 6.09. The van der Waals surface area contributed by atoms with Crippen molar-refractivity contribution in [2.75, 3.05) is 12.8 Å². The fourth-order valence-corrected chi connectivity index (χ4v) is 2.94. The molecule has 1 aliphatic carbocycles. The highest BCUT2D eigenvalue weighted by atomic mass is 16.5. The van der Waals surface area contributed by atoms with Gasteiger partial charge in [-0.15, -0.1) is 0 Å². The fraction of sp³-hybridized carbons (Fsp3) is 0.500. The number of methoxy groups -OCH3 is 1. The van der Waals surface area contributed by atoms with Crippen LogP contribution in [0.5, 0.6) is 5.75 Å². The zero-order chi connectivity index (χ0) is 12.5. The monoisotopic (exact) mass is 245 g/mol. The second kappa shape index (κ2) is 4.52. The van der Waals surface area contributed by atoms with E-state index in [1.54, 1.807) is 7.11 Å². The number of hydrogen-bond donors (Lipinski definition) is 1. The van der Waals surface area contributed by atoms with Crippen LogP contribution in [0, 0.1) is 0 Å². The normalized spacial score (nSPS) is 17.2. The van der Waals surface area contributed by atoms with Crippen LogP contribution in [-0.2, 0) is 0 Å². The van der Waals surface area contributed by atoms with E-state index in [1.165, 1.54) is 32.1 Å². The van der Waals surface area contributed by atoms with Crippen LogP contribution in [0.1, 0.15) is 38.1 Å². The summed E-state index contributed by atoms with van der Waals surface area (Å²) >= 11 is 0. The van der Waals surface area contributed by atoms with Crippen LogP contribution < -0.4 is 10.5 Å².